The highest BCUT2D eigenvalue weighted by atomic mass is 16.5. The predicted octanol–water partition coefficient (Wildman–Crippen LogP) is 4.76. The highest BCUT2D eigenvalue weighted by molar-refractivity contribution is 5.86. The van der Waals surface area contributed by atoms with E-state index in [1.807, 2.05) is 54.6 Å². The van der Waals surface area contributed by atoms with Gasteiger partial charge in [-0.3, -0.25) is 4.79 Å². The van der Waals surface area contributed by atoms with Crippen molar-refractivity contribution in [3.05, 3.63) is 95.6 Å². The van der Waals surface area contributed by atoms with Crippen LogP contribution in [0.5, 0.6) is 0 Å². The van der Waals surface area contributed by atoms with E-state index in [4.69, 9.17) is 4.74 Å². The second kappa shape index (κ2) is 5.97. The fourth-order valence-corrected chi connectivity index (χ4v) is 3.81. The molecule has 0 N–H and O–H groups in total. The summed E-state index contributed by atoms with van der Waals surface area (Å²) >= 11 is 0. The van der Waals surface area contributed by atoms with Gasteiger partial charge in [-0.05, 0) is 27.8 Å². The molecule has 0 amide bonds. The van der Waals surface area contributed by atoms with Gasteiger partial charge in [0.1, 0.15) is 0 Å². The van der Waals surface area contributed by atoms with Crippen LogP contribution in [0.15, 0.2) is 78.9 Å². The van der Waals surface area contributed by atoms with Crippen LogP contribution in [0.4, 0.5) is 0 Å². The van der Waals surface area contributed by atoms with Crippen LogP contribution in [0.3, 0.4) is 0 Å². The third-order valence-corrected chi connectivity index (χ3v) is 4.83. The molecule has 118 valence electrons. The molecule has 3 aromatic rings. The number of benzene rings is 3. The maximum absolute atomic E-state index is 12.7. The van der Waals surface area contributed by atoms with E-state index < -0.39 is 0 Å². The fourth-order valence-electron chi connectivity index (χ4n) is 3.81. The maximum atomic E-state index is 12.7. The molecular weight excluding hydrogens is 296 g/mol. The molecule has 1 unspecified atom stereocenters. The van der Waals surface area contributed by atoms with Crippen molar-refractivity contribution in [1.82, 2.24) is 0 Å². The molecule has 0 fully saturated rings. The van der Waals surface area contributed by atoms with Gasteiger partial charge in [-0.15, -0.1) is 0 Å². The highest BCUT2D eigenvalue weighted by Crippen LogP contribution is 2.51. The van der Waals surface area contributed by atoms with E-state index in [0.29, 0.717) is 0 Å². The van der Waals surface area contributed by atoms with E-state index in [9.17, 15) is 4.79 Å². The van der Waals surface area contributed by atoms with E-state index in [1.165, 1.54) is 29.4 Å². The third kappa shape index (κ3) is 2.23. The number of rotatable bonds is 3. The van der Waals surface area contributed by atoms with Crippen LogP contribution in [0, 0.1) is 0 Å². The van der Waals surface area contributed by atoms with Crippen LogP contribution in [0.1, 0.15) is 28.5 Å². The third-order valence-electron chi connectivity index (χ3n) is 4.83. The summed E-state index contributed by atoms with van der Waals surface area (Å²) in [5.74, 6) is -0.564. The van der Waals surface area contributed by atoms with Crippen molar-refractivity contribution >= 4 is 5.97 Å². The molecule has 1 atom stereocenters. The molecular formula is C22H18O2. The number of fused-ring (bicyclic) bond motifs is 3. The van der Waals surface area contributed by atoms with Crippen LogP contribution in [-0.2, 0) is 9.53 Å². The Bertz CT molecular complexity index is 838. The largest absolute Gasteiger partial charge is 0.469 e. The number of hydrogen-bond acceptors (Lipinski definition) is 2. The minimum absolute atomic E-state index is 0.0211. The topological polar surface area (TPSA) is 26.3 Å². The molecule has 0 spiro atoms. The monoisotopic (exact) mass is 314 g/mol. The summed E-state index contributed by atoms with van der Waals surface area (Å²) in [6.45, 7) is 0. The second-order valence-corrected chi connectivity index (χ2v) is 6.06. The first-order chi connectivity index (χ1) is 11.8. The average Bonchev–Trinajstić information content (AvgIpc) is 2.98. The SMILES string of the molecule is COC(=O)C(c1ccccc1)C1c2ccccc2-c2ccccc21. The van der Waals surface area contributed by atoms with Crippen LogP contribution in [-0.4, -0.2) is 13.1 Å². The van der Waals surface area contributed by atoms with Crippen molar-refractivity contribution in [1.29, 1.82) is 0 Å². The molecule has 0 heterocycles. The van der Waals surface area contributed by atoms with Gasteiger partial charge in [0.25, 0.3) is 0 Å². The Labute approximate surface area is 141 Å². The summed E-state index contributed by atoms with van der Waals surface area (Å²) in [6.07, 6.45) is 0. The minimum atomic E-state index is -0.346. The average molecular weight is 314 g/mol. The molecule has 0 bridgehead atoms. The predicted molar refractivity (Wildman–Crippen MR) is 94.9 cm³/mol. The number of esters is 1. The summed E-state index contributed by atoms with van der Waals surface area (Å²) in [6, 6.07) is 26.6. The van der Waals surface area contributed by atoms with E-state index in [-0.39, 0.29) is 17.8 Å². The molecule has 1 aliphatic carbocycles. The Balaban J connectivity index is 1.94. The number of carbonyl (C=O) groups excluding carboxylic acids is 1. The first-order valence-corrected chi connectivity index (χ1v) is 8.12. The van der Waals surface area contributed by atoms with E-state index >= 15 is 0 Å². The van der Waals surface area contributed by atoms with Gasteiger partial charge in [0.05, 0.1) is 13.0 Å². The molecule has 0 saturated carbocycles. The summed E-state index contributed by atoms with van der Waals surface area (Å²) in [7, 11) is 1.46. The molecule has 1 aliphatic rings. The van der Waals surface area contributed by atoms with Gasteiger partial charge in [0.2, 0.25) is 0 Å². The lowest BCUT2D eigenvalue weighted by molar-refractivity contribution is -0.142. The zero-order valence-corrected chi connectivity index (χ0v) is 13.5. The number of methoxy groups -OCH3 is 1. The zero-order chi connectivity index (χ0) is 16.5. The fraction of sp³-hybridized carbons (Fsp3) is 0.136. The van der Waals surface area contributed by atoms with E-state index in [1.54, 1.807) is 0 Å². The number of hydrogen-bond donors (Lipinski definition) is 0. The Morgan fingerprint density at radius 2 is 1.29 bits per heavy atom. The van der Waals surface area contributed by atoms with Gasteiger partial charge in [-0.1, -0.05) is 78.9 Å². The van der Waals surface area contributed by atoms with Crippen LogP contribution < -0.4 is 0 Å². The van der Waals surface area contributed by atoms with Gasteiger partial charge in [0, 0.05) is 5.92 Å². The van der Waals surface area contributed by atoms with Crippen LogP contribution in [0.25, 0.3) is 11.1 Å². The summed E-state index contributed by atoms with van der Waals surface area (Å²) in [5.41, 5.74) is 5.79. The summed E-state index contributed by atoms with van der Waals surface area (Å²) in [4.78, 5) is 12.7. The molecule has 4 rings (SSSR count). The molecule has 2 heteroatoms. The Morgan fingerprint density at radius 3 is 1.83 bits per heavy atom. The van der Waals surface area contributed by atoms with Crippen molar-refractivity contribution in [2.45, 2.75) is 11.8 Å². The first-order valence-electron chi connectivity index (χ1n) is 8.12. The Hall–Kier alpha value is -2.87. The van der Waals surface area contributed by atoms with Gasteiger partial charge in [-0.25, -0.2) is 0 Å². The summed E-state index contributed by atoms with van der Waals surface area (Å²) in [5, 5.41) is 0. The molecule has 24 heavy (non-hydrogen) atoms. The summed E-state index contributed by atoms with van der Waals surface area (Å²) < 4.78 is 5.17. The van der Waals surface area contributed by atoms with Gasteiger partial charge in [-0.2, -0.15) is 0 Å². The smallest absolute Gasteiger partial charge is 0.314 e. The lowest BCUT2D eigenvalue weighted by Crippen LogP contribution is -2.21. The second-order valence-electron chi connectivity index (χ2n) is 6.06. The standard InChI is InChI=1S/C22H18O2/c1-24-22(23)20(15-9-3-2-4-10-15)21-18-13-7-5-11-16(18)17-12-6-8-14-19(17)21/h2-14,20-21H,1H3. The normalized spacial score (nSPS) is 13.9. The zero-order valence-electron chi connectivity index (χ0n) is 13.5. The Morgan fingerprint density at radius 1 is 0.792 bits per heavy atom. The van der Waals surface area contributed by atoms with Gasteiger partial charge >= 0.3 is 5.97 Å². The minimum Gasteiger partial charge on any atom is -0.469 e. The number of carbonyl (C=O) groups is 1. The lowest BCUT2D eigenvalue weighted by atomic mass is 9.80. The highest BCUT2D eigenvalue weighted by Gasteiger charge is 2.39. The molecule has 0 radical (unpaired) electrons. The van der Waals surface area contributed by atoms with E-state index in [2.05, 4.69) is 24.3 Å². The van der Waals surface area contributed by atoms with Crippen LogP contribution in [0.2, 0.25) is 0 Å². The molecule has 0 aromatic heterocycles. The maximum Gasteiger partial charge on any atom is 0.314 e. The van der Waals surface area contributed by atoms with Gasteiger partial charge in [0.15, 0.2) is 0 Å². The molecule has 2 nitrogen and oxygen atoms in total. The van der Waals surface area contributed by atoms with Crippen molar-refractivity contribution in [3.63, 3.8) is 0 Å². The molecule has 3 aromatic carbocycles. The van der Waals surface area contributed by atoms with Crippen LogP contribution >= 0.6 is 0 Å². The van der Waals surface area contributed by atoms with Crippen molar-refractivity contribution < 1.29 is 9.53 Å². The van der Waals surface area contributed by atoms with Crippen molar-refractivity contribution in [2.24, 2.45) is 0 Å². The molecule has 0 aliphatic heterocycles. The van der Waals surface area contributed by atoms with Gasteiger partial charge < -0.3 is 4.74 Å². The Kier molecular flexibility index (Phi) is 3.66. The van der Waals surface area contributed by atoms with E-state index in [0.717, 1.165) is 5.56 Å². The lowest BCUT2D eigenvalue weighted by Gasteiger charge is -2.24. The van der Waals surface area contributed by atoms with Crippen molar-refractivity contribution in [3.8, 4) is 11.1 Å². The number of ether oxygens (including phenoxy) is 1. The first kappa shape index (κ1) is 14.7. The molecule has 0 saturated heterocycles. The quantitative estimate of drug-likeness (QED) is 0.652. The van der Waals surface area contributed by atoms with Crippen molar-refractivity contribution in [2.75, 3.05) is 7.11 Å².